The van der Waals surface area contributed by atoms with Crippen molar-refractivity contribution < 1.29 is 4.74 Å². The molecular weight excluding hydrogens is 258 g/mol. The number of piperidine rings is 1. The van der Waals surface area contributed by atoms with Gasteiger partial charge in [0.15, 0.2) is 0 Å². The van der Waals surface area contributed by atoms with E-state index in [-0.39, 0.29) is 0 Å². The molecule has 2 aromatic rings. The molecule has 0 spiro atoms. The van der Waals surface area contributed by atoms with Crippen molar-refractivity contribution in [2.24, 2.45) is 0 Å². The molecule has 2 heteroatoms. The summed E-state index contributed by atoms with van der Waals surface area (Å²) in [6, 6.07) is 17.2. The summed E-state index contributed by atoms with van der Waals surface area (Å²) in [5, 5.41) is 3.36. The first-order chi connectivity index (χ1) is 10.3. The van der Waals surface area contributed by atoms with Crippen LogP contribution in [0.4, 0.5) is 0 Å². The molecule has 1 aliphatic rings. The summed E-state index contributed by atoms with van der Waals surface area (Å²) in [5.41, 5.74) is 3.91. The lowest BCUT2D eigenvalue weighted by atomic mass is 10.0. The van der Waals surface area contributed by atoms with Crippen LogP contribution in [0.2, 0.25) is 0 Å². The van der Waals surface area contributed by atoms with Crippen molar-refractivity contribution in [1.29, 1.82) is 0 Å². The topological polar surface area (TPSA) is 21.3 Å². The molecule has 3 rings (SSSR count). The van der Waals surface area contributed by atoms with Gasteiger partial charge in [-0.3, -0.25) is 0 Å². The number of rotatable bonds is 4. The van der Waals surface area contributed by atoms with E-state index in [9.17, 15) is 0 Å². The Morgan fingerprint density at radius 1 is 1.00 bits per heavy atom. The minimum Gasteiger partial charge on any atom is -0.490 e. The largest absolute Gasteiger partial charge is 0.490 e. The lowest BCUT2D eigenvalue weighted by Crippen LogP contribution is -2.34. The smallest absolute Gasteiger partial charge is 0.119 e. The maximum Gasteiger partial charge on any atom is 0.119 e. The van der Waals surface area contributed by atoms with Crippen molar-refractivity contribution in [2.45, 2.75) is 32.3 Å². The molecule has 0 aliphatic carbocycles. The van der Waals surface area contributed by atoms with Gasteiger partial charge in [-0.1, -0.05) is 43.3 Å². The second kappa shape index (κ2) is 6.77. The highest BCUT2D eigenvalue weighted by atomic mass is 16.5. The molecular formula is C19H23NO. The Bertz CT molecular complexity index is 570. The van der Waals surface area contributed by atoms with Crippen LogP contribution in [0.3, 0.4) is 0 Å². The van der Waals surface area contributed by atoms with E-state index < -0.39 is 0 Å². The molecule has 1 heterocycles. The predicted octanol–water partition coefficient (Wildman–Crippen LogP) is 4.05. The van der Waals surface area contributed by atoms with Crippen LogP contribution < -0.4 is 10.1 Å². The Morgan fingerprint density at radius 2 is 1.76 bits per heavy atom. The summed E-state index contributed by atoms with van der Waals surface area (Å²) in [7, 11) is 0. The van der Waals surface area contributed by atoms with Crippen LogP contribution in [0.15, 0.2) is 48.5 Å². The SMILES string of the molecule is CCc1cccc(-c2ccc(OC3CCNCC3)cc2)c1. The number of hydrogen-bond donors (Lipinski definition) is 1. The molecule has 1 N–H and O–H groups in total. The van der Waals surface area contributed by atoms with Crippen LogP contribution >= 0.6 is 0 Å². The Hall–Kier alpha value is -1.80. The molecule has 0 unspecified atom stereocenters. The normalized spacial score (nSPS) is 15.9. The molecule has 21 heavy (non-hydrogen) atoms. The second-order valence-corrected chi connectivity index (χ2v) is 5.65. The molecule has 0 aromatic heterocycles. The summed E-state index contributed by atoms with van der Waals surface area (Å²) in [6.07, 6.45) is 3.63. The number of ether oxygens (including phenoxy) is 1. The van der Waals surface area contributed by atoms with Gasteiger partial charge in [0.2, 0.25) is 0 Å². The molecule has 0 saturated carbocycles. The molecule has 2 nitrogen and oxygen atoms in total. The third kappa shape index (κ3) is 3.64. The van der Waals surface area contributed by atoms with Crippen molar-refractivity contribution in [1.82, 2.24) is 5.32 Å². The fraction of sp³-hybridized carbons (Fsp3) is 0.368. The fourth-order valence-electron chi connectivity index (χ4n) is 2.80. The number of benzene rings is 2. The Morgan fingerprint density at radius 3 is 2.48 bits per heavy atom. The summed E-state index contributed by atoms with van der Waals surface area (Å²) in [5.74, 6) is 0.984. The zero-order valence-corrected chi connectivity index (χ0v) is 12.6. The first-order valence-electron chi connectivity index (χ1n) is 7.92. The minimum atomic E-state index is 0.362. The lowest BCUT2D eigenvalue weighted by Gasteiger charge is -2.23. The maximum absolute atomic E-state index is 6.05. The summed E-state index contributed by atoms with van der Waals surface area (Å²) >= 11 is 0. The number of aryl methyl sites for hydroxylation is 1. The van der Waals surface area contributed by atoms with Gasteiger partial charge in [-0.2, -0.15) is 0 Å². The first kappa shape index (κ1) is 14.2. The molecule has 0 amide bonds. The zero-order chi connectivity index (χ0) is 14.5. The van der Waals surface area contributed by atoms with E-state index in [0.29, 0.717) is 6.10 Å². The molecule has 1 fully saturated rings. The van der Waals surface area contributed by atoms with Crippen LogP contribution in [0.1, 0.15) is 25.3 Å². The van der Waals surface area contributed by atoms with Crippen LogP contribution in [0.5, 0.6) is 5.75 Å². The Balaban J connectivity index is 1.70. The third-order valence-electron chi connectivity index (χ3n) is 4.11. The van der Waals surface area contributed by atoms with Crippen LogP contribution in [0, 0.1) is 0 Å². The van der Waals surface area contributed by atoms with Gasteiger partial charge in [0.05, 0.1) is 0 Å². The molecule has 0 bridgehead atoms. The van der Waals surface area contributed by atoms with Gasteiger partial charge < -0.3 is 10.1 Å². The predicted molar refractivity (Wildman–Crippen MR) is 87.8 cm³/mol. The van der Waals surface area contributed by atoms with Gasteiger partial charge >= 0.3 is 0 Å². The average molecular weight is 281 g/mol. The maximum atomic E-state index is 6.05. The minimum absolute atomic E-state index is 0.362. The Kier molecular flexibility index (Phi) is 4.56. The number of hydrogen-bond acceptors (Lipinski definition) is 2. The lowest BCUT2D eigenvalue weighted by molar-refractivity contribution is 0.162. The van der Waals surface area contributed by atoms with E-state index in [2.05, 4.69) is 60.8 Å². The standard InChI is InChI=1S/C19H23NO/c1-2-15-4-3-5-17(14-15)16-6-8-18(9-7-16)21-19-10-12-20-13-11-19/h3-9,14,19-20H,2,10-13H2,1H3. The van der Waals surface area contributed by atoms with Crippen molar-refractivity contribution in [2.75, 3.05) is 13.1 Å². The Labute approximate surface area is 127 Å². The van der Waals surface area contributed by atoms with E-state index in [0.717, 1.165) is 38.1 Å². The zero-order valence-electron chi connectivity index (χ0n) is 12.6. The van der Waals surface area contributed by atoms with Crippen LogP contribution in [-0.4, -0.2) is 19.2 Å². The van der Waals surface area contributed by atoms with Gasteiger partial charge in [-0.15, -0.1) is 0 Å². The van der Waals surface area contributed by atoms with Gasteiger partial charge in [0, 0.05) is 0 Å². The molecule has 0 atom stereocenters. The third-order valence-corrected chi connectivity index (χ3v) is 4.11. The van der Waals surface area contributed by atoms with Gasteiger partial charge in [0.1, 0.15) is 11.9 Å². The van der Waals surface area contributed by atoms with Crippen molar-refractivity contribution in [3.05, 3.63) is 54.1 Å². The highest BCUT2D eigenvalue weighted by Crippen LogP contribution is 2.24. The van der Waals surface area contributed by atoms with Gasteiger partial charge in [-0.05, 0) is 61.2 Å². The van der Waals surface area contributed by atoms with Crippen molar-refractivity contribution in [3.63, 3.8) is 0 Å². The van der Waals surface area contributed by atoms with Gasteiger partial charge in [0.25, 0.3) is 0 Å². The highest BCUT2D eigenvalue weighted by Gasteiger charge is 2.14. The van der Waals surface area contributed by atoms with E-state index in [4.69, 9.17) is 4.74 Å². The van der Waals surface area contributed by atoms with Gasteiger partial charge in [-0.25, -0.2) is 0 Å². The van der Waals surface area contributed by atoms with E-state index in [1.807, 2.05) is 0 Å². The molecule has 110 valence electrons. The average Bonchev–Trinajstić information content (AvgIpc) is 2.56. The quantitative estimate of drug-likeness (QED) is 0.913. The van der Waals surface area contributed by atoms with E-state index >= 15 is 0 Å². The van der Waals surface area contributed by atoms with Crippen molar-refractivity contribution in [3.8, 4) is 16.9 Å². The highest BCUT2D eigenvalue weighted by molar-refractivity contribution is 5.64. The summed E-state index contributed by atoms with van der Waals surface area (Å²) in [6.45, 7) is 4.31. The first-order valence-corrected chi connectivity index (χ1v) is 7.92. The number of nitrogens with one attached hydrogen (secondary N) is 1. The molecule has 1 aliphatic heterocycles. The van der Waals surface area contributed by atoms with Crippen LogP contribution in [0.25, 0.3) is 11.1 Å². The second-order valence-electron chi connectivity index (χ2n) is 5.65. The molecule has 1 saturated heterocycles. The molecule has 0 radical (unpaired) electrons. The molecule has 2 aromatic carbocycles. The van der Waals surface area contributed by atoms with E-state index in [1.165, 1.54) is 16.7 Å². The fourth-order valence-corrected chi connectivity index (χ4v) is 2.80. The van der Waals surface area contributed by atoms with E-state index in [1.54, 1.807) is 0 Å². The summed E-state index contributed by atoms with van der Waals surface area (Å²) < 4.78 is 6.05. The monoisotopic (exact) mass is 281 g/mol. The summed E-state index contributed by atoms with van der Waals surface area (Å²) in [4.78, 5) is 0. The van der Waals surface area contributed by atoms with Crippen molar-refractivity contribution >= 4 is 0 Å². The van der Waals surface area contributed by atoms with Crippen LogP contribution in [-0.2, 0) is 6.42 Å².